The zero-order valence-electron chi connectivity index (χ0n) is 30.8. The van der Waals surface area contributed by atoms with E-state index in [1.165, 1.54) is 38.6 Å². The average Bonchev–Trinajstić information content (AvgIpc) is 3.29. The van der Waals surface area contributed by atoms with Gasteiger partial charge in [0.25, 0.3) is 0 Å². The predicted molar refractivity (Wildman–Crippen MR) is 232 cm³/mol. The van der Waals surface area contributed by atoms with E-state index in [1.54, 1.807) is 0 Å². The highest BCUT2D eigenvalue weighted by molar-refractivity contribution is 6.99. The molecule has 9 aromatic rings. The molecule has 7 aromatic carbocycles. The Morgan fingerprint density at radius 3 is 1.96 bits per heavy atom. The summed E-state index contributed by atoms with van der Waals surface area (Å²) in [5.41, 5.74) is 14.8. The molecule has 3 aliphatic rings. The van der Waals surface area contributed by atoms with Crippen LogP contribution in [0.5, 0.6) is 11.5 Å². The highest BCUT2D eigenvalue weighted by atomic mass is 16.5. The molecule has 2 aromatic heterocycles. The summed E-state index contributed by atoms with van der Waals surface area (Å²) in [6, 6.07) is 65.6. The monoisotopic (exact) mass is 728 g/mol. The summed E-state index contributed by atoms with van der Waals surface area (Å²) < 4.78 is 7.32. The second kappa shape index (κ2) is 12.3. The van der Waals surface area contributed by atoms with Gasteiger partial charge < -0.3 is 14.5 Å². The van der Waals surface area contributed by atoms with Crippen LogP contribution in [0.3, 0.4) is 0 Å². The van der Waals surface area contributed by atoms with Crippen LogP contribution in [0.1, 0.15) is 22.3 Å². The number of ether oxygens (including phenoxy) is 1. The molecule has 0 saturated carbocycles. The molecule has 0 radical (unpaired) electrons. The number of nitrogens with zero attached hydrogens (tertiary/aromatic N) is 4. The topological polar surface area (TPSA) is 41.5 Å². The van der Waals surface area contributed by atoms with Crippen molar-refractivity contribution in [3.05, 3.63) is 223 Å². The maximum absolute atomic E-state index is 7.32. The molecule has 0 bridgehead atoms. The van der Waals surface area contributed by atoms with E-state index in [2.05, 4.69) is 185 Å². The average molecular weight is 729 g/mol. The van der Waals surface area contributed by atoms with Gasteiger partial charge in [-0.05, 0) is 81.7 Å². The summed E-state index contributed by atoms with van der Waals surface area (Å²) in [5.74, 6) is 1.57. The first-order valence-electron chi connectivity index (χ1n) is 19.4. The minimum atomic E-state index is -0.693. The summed E-state index contributed by atoms with van der Waals surface area (Å²) in [5, 5.41) is 1.07. The van der Waals surface area contributed by atoms with Crippen molar-refractivity contribution >= 4 is 68.1 Å². The largest absolute Gasteiger partial charge is 0.451 e. The number of para-hydroxylation sites is 4. The molecule has 266 valence electrons. The van der Waals surface area contributed by atoms with Crippen molar-refractivity contribution < 1.29 is 4.74 Å². The van der Waals surface area contributed by atoms with Crippen LogP contribution >= 0.6 is 0 Å². The van der Waals surface area contributed by atoms with Crippen molar-refractivity contribution in [1.82, 2.24) is 9.97 Å². The Morgan fingerprint density at radius 1 is 0.509 bits per heavy atom. The first kappa shape index (κ1) is 31.9. The summed E-state index contributed by atoms with van der Waals surface area (Å²) in [7, 11) is 0. The molecule has 6 heteroatoms. The molecule has 5 heterocycles. The quantitative estimate of drug-likeness (QED) is 0.169. The molecule has 12 rings (SSSR count). The van der Waals surface area contributed by atoms with Crippen LogP contribution in [0.25, 0.3) is 10.9 Å². The standard InChI is InChI=1S/C51H33BN4O/c1-3-18-35(19-4-1)51(36-20-5-2-6-21-36)38-23-7-8-24-40(38)52-41-25-9-10-26-42(41)55(37-22-15-30-53-33-37)49-47(52)39(51)32-45-50(49)57-46-29-12-11-27-43(46)56(45)44-28-13-16-34-17-14-31-54-48(34)44/h1-33H. The number of hydrogen-bond donors (Lipinski definition) is 0. The van der Waals surface area contributed by atoms with E-state index in [-0.39, 0.29) is 6.71 Å². The van der Waals surface area contributed by atoms with E-state index in [1.807, 2.05) is 30.7 Å². The molecule has 57 heavy (non-hydrogen) atoms. The van der Waals surface area contributed by atoms with E-state index < -0.39 is 5.41 Å². The number of rotatable bonds is 4. The Balaban J connectivity index is 1.31. The molecule has 0 spiro atoms. The normalized spacial score (nSPS) is 14.1. The van der Waals surface area contributed by atoms with E-state index in [0.29, 0.717) is 0 Å². The second-order valence-electron chi connectivity index (χ2n) is 14.9. The summed E-state index contributed by atoms with van der Waals surface area (Å²) in [6.45, 7) is -0.0744. The molecule has 0 aliphatic carbocycles. The second-order valence-corrected chi connectivity index (χ2v) is 14.9. The number of pyridine rings is 2. The first-order chi connectivity index (χ1) is 28.3. The highest BCUT2D eigenvalue weighted by Gasteiger charge is 2.53. The molecular weight excluding hydrogens is 695 g/mol. The van der Waals surface area contributed by atoms with E-state index in [0.717, 1.165) is 56.5 Å². The minimum absolute atomic E-state index is 0.0744. The molecule has 0 N–H and O–H groups in total. The van der Waals surface area contributed by atoms with Gasteiger partial charge >= 0.3 is 0 Å². The zero-order chi connectivity index (χ0) is 37.5. The van der Waals surface area contributed by atoms with Gasteiger partial charge in [0.05, 0.1) is 45.6 Å². The van der Waals surface area contributed by atoms with Gasteiger partial charge in [-0.15, -0.1) is 0 Å². The molecule has 0 atom stereocenters. The van der Waals surface area contributed by atoms with E-state index in [4.69, 9.17) is 9.72 Å². The number of anilines is 6. The Morgan fingerprint density at radius 2 is 1.18 bits per heavy atom. The summed E-state index contributed by atoms with van der Waals surface area (Å²) in [4.78, 5) is 14.4. The van der Waals surface area contributed by atoms with E-state index >= 15 is 0 Å². The maximum Gasteiger partial charge on any atom is 0.247 e. The SMILES string of the molecule is c1ccc(C2(c3ccccc3)c3ccccc3B3c4ccccc4N(c4cccnc4)c4c5c(cc2c43)N(c2cccc3cccnc23)c2ccccc2O5)cc1. The fourth-order valence-electron chi connectivity index (χ4n) is 9.93. The summed E-state index contributed by atoms with van der Waals surface area (Å²) >= 11 is 0. The van der Waals surface area contributed by atoms with Gasteiger partial charge in [-0.1, -0.05) is 139 Å². The minimum Gasteiger partial charge on any atom is -0.451 e. The lowest BCUT2D eigenvalue weighted by Crippen LogP contribution is -2.65. The van der Waals surface area contributed by atoms with Crippen LogP contribution in [0.2, 0.25) is 0 Å². The lowest BCUT2D eigenvalue weighted by Gasteiger charge is -2.50. The van der Waals surface area contributed by atoms with Gasteiger partial charge in [0.2, 0.25) is 6.71 Å². The number of aromatic nitrogens is 2. The Hall–Kier alpha value is -7.44. The zero-order valence-corrected chi connectivity index (χ0v) is 30.8. The van der Waals surface area contributed by atoms with Gasteiger partial charge in [-0.3, -0.25) is 9.97 Å². The molecule has 0 fully saturated rings. The lowest BCUT2D eigenvalue weighted by molar-refractivity contribution is 0.478. The molecule has 0 unspecified atom stereocenters. The van der Waals surface area contributed by atoms with Crippen molar-refractivity contribution in [3.63, 3.8) is 0 Å². The van der Waals surface area contributed by atoms with Gasteiger partial charge in [-0.2, -0.15) is 0 Å². The Labute approximate surface area is 331 Å². The van der Waals surface area contributed by atoms with Gasteiger partial charge in [0.15, 0.2) is 11.5 Å². The van der Waals surface area contributed by atoms with Crippen LogP contribution < -0.4 is 30.9 Å². The fraction of sp³-hybridized carbons (Fsp3) is 0.0196. The van der Waals surface area contributed by atoms with Crippen molar-refractivity contribution in [3.8, 4) is 11.5 Å². The van der Waals surface area contributed by atoms with Crippen molar-refractivity contribution in [1.29, 1.82) is 0 Å². The molecule has 5 nitrogen and oxygen atoms in total. The first-order valence-corrected chi connectivity index (χ1v) is 19.4. The lowest BCUT2D eigenvalue weighted by atomic mass is 9.29. The third-order valence-corrected chi connectivity index (χ3v) is 12.1. The highest BCUT2D eigenvalue weighted by Crippen LogP contribution is 2.59. The van der Waals surface area contributed by atoms with Gasteiger partial charge in [0.1, 0.15) is 0 Å². The third-order valence-electron chi connectivity index (χ3n) is 12.1. The number of fused-ring (bicyclic) bond motifs is 8. The molecule has 3 aliphatic heterocycles. The summed E-state index contributed by atoms with van der Waals surface area (Å²) in [6.07, 6.45) is 5.69. The van der Waals surface area contributed by atoms with Crippen molar-refractivity contribution in [2.75, 3.05) is 9.80 Å². The maximum atomic E-state index is 7.32. The smallest absolute Gasteiger partial charge is 0.247 e. The number of benzene rings is 7. The Bertz CT molecular complexity index is 2980. The van der Waals surface area contributed by atoms with Crippen molar-refractivity contribution in [2.24, 2.45) is 0 Å². The predicted octanol–water partition coefficient (Wildman–Crippen LogP) is 10.2. The van der Waals surface area contributed by atoms with Crippen LogP contribution in [-0.2, 0) is 5.41 Å². The Kier molecular flexibility index (Phi) is 6.87. The van der Waals surface area contributed by atoms with Crippen LogP contribution in [0.4, 0.5) is 34.1 Å². The fourth-order valence-corrected chi connectivity index (χ4v) is 9.93. The number of hydrogen-bond acceptors (Lipinski definition) is 5. The van der Waals surface area contributed by atoms with Crippen LogP contribution in [0, 0.1) is 0 Å². The van der Waals surface area contributed by atoms with Gasteiger partial charge in [-0.25, -0.2) is 0 Å². The van der Waals surface area contributed by atoms with Crippen molar-refractivity contribution in [2.45, 2.75) is 5.41 Å². The molecule has 0 amide bonds. The van der Waals surface area contributed by atoms with Gasteiger partial charge in [0, 0.05) is 23.5 Å². The molecule has 0 saturated heterocycles. The third kappa shape index (κ3) is 4.41. The molecular formula is C51H33BN4O. The van der Waals surface area contributed by atoms with Crippen LogP contribution in [0.15, 0.2) is 201 Å². The van der Waals surface area contributed by atoms with E-state index in [9.17, 15) is 0 Å². The van der Waals surface area contributed by atoms with Crippen LogP contribution in [-0.4, -0.2) is 16.7 Å².